The summed E-state index contributed by atoms with van der Waals surface area (Å²) in [6, 6.07) is 8.52. The molecular weight excluding hydrogens is 356 g/mol. The normalized spacial score (nSPS) is 20.7. The number of benzene rings is 1. The molecule has 2 aliphatic heterocycles. The highest BCUT2D eigenvalue weighted by Gasteiger charge is 2.24. The Balaban J connectivity index is 1.42. The number of likely N-dealkylation sites (tertiary alicyclic amines) is 1. The summed E-state index contributed by atoms with van der Waals surface area (Å²) in [5.41, 5.74) is 1.35. The van der Waals surface area contributed by atoms with Crippen molar-refractivity contribution in [2.24, 2.45) is 5.92 Å². The molecule has 0 spiro atoms. The Labute approximate surface area is 146 Å². The van der Waals surface area contributed by atoms with Crippen LogP contribution in [-0.2, 0) is 16.1 Å². The average molecular weight is 381 g/mol. The van der Waals surface area contributed by atoms with Gasteiger partial charge in [0.2, 0.25) is 5.91 Å². The average Bonchev–Trinajstić information content (AvgIpc) is 2.57. The topological polar surface area (TPSA) is 32.8 Å². The van der Waals surface area contributed by atoms with Crippen LogP contribution in [0.1, 0.15) is 24.8 Å². The molecule has 1 aromatic carbocycles. The molecule has 0 unspecified atom stereocenters. The van der Waals surface area contributed by atoms with Crippen molar-refractivity contribution in [2.45, 2.75) is 25.8 Å². The molecule has 1 amide bonds. The Morgan fingerprint density at radius 2 is 1.91 bits per heavy atom. The van der Waals surface area contributed by atoms with Crippen molar-refractivity contribution in [3.8, 4) is 0 Å². The molecule has 0 N–H and O–H groups in total. The minimum absolute atomic E-state index is 0.318. The predicted octanol–water partition coefficient (Wildman–Crippen LogP) is 2.91. The molecule has 0 radical (unpaired) electrons. The first-order valence-electron chi connectivity index (χ1n) is 8.53. The smallest absolute Gasteiger partial charge is 0.223 e. The molecule has 0 aliphatic carbocycles. The van der Waals surface area contributed by atoms with Crippen LogP contribution < -0.4 is 0 Å². The van der Waals surface area contributed by atoms with Crippen LogP contribution in [0.3, 0.4) is 0 Å². The van der Waals surface area contributed by atoms with Crippen molar-refractivity contribution in [2.75, 3.05) is 39.4 Å². The van der Waals surface area contributed by atoms with Crippen LogP contribution in [0.5, 0.6) is 0 Å². The second kappa shape index (κ2) is 8.27. The summed E-state index contributed by atoms with van der Waals surface area (Å²) < 4.78 is 6.45. The van der Waals surface area contributed by atoms with Gasteiger partial charge in [0.15, 0.2) is 0 Å². The zero-order chi connectivity index (χ0) is 16.1. The Morgan fingerprint density at radius 1 is 1.17 bits per heavy atom. The number of morpholine rings is 1. The van der Waals surface area contributed by atoms with Crippen LogP contribution in [0.2, 0.25) is 0 Å². The molecule has 2 aliphatic rings. The number of carbonyl (C=O) groups is 1. The first-order chi connectivity index (χ1) is 11.2. The molecule has 5 heteroatoms. The van der Waals surface area contributed by atoms with Crippen LogP contribution in [0.4, 0.5) is 0 Å². The van der Waals surface area contributed by atoms with E-state index in [0.717, 1.165) is 50.0 Å². The highest BCUT2D eigenvalue weighted by atomic mass is 79.9. The van der Waals surface area contributed by atoms with E-state index >= 15 is 0 Å². The van der Waals surface area contributed by atoms with Gasteiger partial charge in [-0.1, -0.05) is 28.1 Å². The summed E-state index contributed by atoms with van der Waals surface area (Å²) in [7, 11) is 0. The number of hydrogen-bond donors (Lipinski definition) is 0. The number of amides is 1. The third kappa shape index (κ3) is 5.03. The minimum Gasteiger partial charge on any atom is -0.378 e. The number of rotatable bonds is 4. The molecule has 3 rings (SSSR count). The van der Waals surface area contributed by atoms with Crippen LogP contribution in [0.15, 0.2) is 28.7 Å². The van der Waals surface area contributed by atoms with Crippen LogP contribution >= 0.6 is 15.9 Å². The quantitative estimate of drug-likeness (QED) is 0.804. The summed E-state index contributed by atoms with van der Waals surface area (Å²) in [6.45, 7) is 6.10. The first-order valence-corrected chi connectivity index (χ1v) is 9.32. The van der Waals surface area contributed by atoms with Crippen LogP contribution in [0.25, 0.3) is 0 Å². The van der Waals surface area contributed by atoms with Crippen LogP contribution in [-0.4, -0.2) is 55.1 Å². The van der Waals surface area contributed by atoms with Gasteiger partial charge in [0.1, 0.15) is 0 Å². The monoisotopic (exact) mass is 380 g/mol. The van der Waals surface area contributed by atoms with Gasteiger partial charge in [0.05, 0.1) is 13.2 Å². The van der Waals surface area contributed by atoms with E-state index in [4.69, 9.17) is 4.74 Å². The zero-order valence-electron chi connectivity index (χ0n) is 13.5. The van der Waals surface area contributed by atoms with Gasteiger partial charge in [-0.25, -0.2) is 0 Å². The molecular formula is C18H25BrN2O2. The second-order valence-corrected chi connectivity index (χ2v) is 7.46. The Kier molecular flexibility index (Phi) is 6.08. The van der Waals surface area contributed by atoms with E-state index in [1.165, 1.54) is 5.56 Å². The van der Waals surface area contributed by atoms with E-state index in [1.54, 1.807) is 0 Å². The Bertz CT molecular complexity index is 524. The second-order valence-electron chi connectivity index (χ2n) is 6.55. The minimum atomic E-state index is 0.318. The largest absolute Gasteiger partial charge is 0.378 e. The van der Waals surface area contributed by atoms with Crippen molar-refractivity contribution in [3.63, 3.8) is 0 Å². The van der Waals surface area contributed by atoms with Gasteiger partial charge in [-0.3, -0.25) is 9.69 Å². The van der Waals surface area contributed by atoms with E-state index < -0.39 is 0 Å². The molecule has 0 atom stereocenters. The van der Waals surface area contributed by atoms with E-state index in [9.17, 15) is 4.79 Å². The number of nitrogens with zero attached hydrogens (tertiary/aromatic N) is 2. The summed E-state index contributed by atoms with van der Waals surface area (Å²) in [5.74, 6) is 0.864. The van der Waals surface area contributed by atoms with Crippen LogP contribution in [0, 0.1) is 5.92 Å². The highest BCUT2D eigenvalue weighted by Crippen LogP contribution is 2.23. The summed E-state index contributed by atoms with van der Waals surface area (Å²) in [4.78, 5) is 16.8. The summed E-state index contributed by atoms with van der Waals surface area (Å²) >= 11 is 3.53. The molecule has 126 valence electrons. The lowest BCUT2D eigenvalue weighted by Gasteiger charge is -2.33. The van der Waals surface area contributed by atoms with E-state index in [2.05, 4.69) is 45.1 Å². The van der Waals surface area contributed by atoms with Crippen molar-refractivity contribution in [1.29, 1.82) is 0 Å². The van der Waals surface area contributed by atoms with Crippen molar-refractivity contribution < 1.29 is 9.53 Å². The fraction of sp³-hybridized carbons (Fsp3) is 0.611. The van der Waals surface area contributed by atoms with Crippen molar-refractivity contribution in [3.05, 3.63) is 34.3 Å². The Hall–Kier alpha value is -0.910. The maximum Gasteiger partial charge on any atom is 0.223 e. The van der Waals surface area contributed by atoms with Crippen molar-refractivity contribution in [1.82, 2.24) is 9.80 Å². The zero-order valence-corrected chi connectivity index (χ0v) is 15.1. The Morgan fingerprint density at radius 3 is 2.61 bits per heavy atom. The molecule has 2 saturated heterocycles. The molecule has 0 aromatic heterocycles. The van der Waals surface area contributed by atoms with Gasteiger partial charge in [-0.05, 0) is 49.5 Å². The molecule has 1 aromatic rings. The van der Waals surface area contributed by atoms with E-state index in [-0.39, 0.29) is 0 Å². The maximum atomic E-state index is 12.3. The third-order valence-corrected chi connectivity index (χ3v) is 5.32. The fourth-order valence-electron chi connectivity index (χ4n) is 3.43. The first kappa shape index (κ1) is 16.9. The van der Waals surface area contributed by atoms with Gasteiger partial charge < -0.3 is 9.64 Å². The van der Waals surface area contributed by atoms with Gasteiger partial charge in [0, 0.05) is 30.5 Å². The third-order valence-electron chi connectivity index (χ3n) is 4.83. The number of piperidine rings is 1. The lowest BCUT2D eigenvalue weighted by Crippen LogP contribution is -2.42. The standard InChI is InChI=1S/C18H25BrN2O2/c19-17-3-1-2-16(12-17)14-20-6-4-15(5-7-20)13-18(22)21-8-10-23-11-9-21/h1-3,12,15H,4-11,13-14H2. The SMILES string of the molecule is O=C(CC1CCN(Cc2cccc(Br)c2)CC1)N1CCOCC1. The van der Waals surface area contributed by atoms with Gasteiger partial charge in [-0.15, -0.1) is 0 Å². The molecule has 23 heavy (non-hydrogen) atoms. The molecule has 2 fully saturated rings. The maximum absolute atomic E-state index is 12.3. The number of ether oxygens (including phenoxy) is 1. The molecule has 4 nitrogen and oxygen atoms in total. The van der Waals surface area contributed by atoms with E-state index in [0.29, 0.717) is 31.5 Å². The number of hydrogen-bond acceptors (Lipinski definition) is 3. The summed E-state index contributed by atoms with van der Waals surface area (Å²) in [6.07, 6.45) is 2.97. The van der Waals surface area contributed by atoms with E-state index in [1.807, 2.05) is 4.90 Å². The number of halogens is 1. The predicted molar refractivity (Wildman–Crippen MR) is 94.2 cm³/mol. The fourth-order valence-corrected chi connectivity index (χ4v) is 3.88. The molecule has 0 bridgehead atoms. The summed E-state index contributed by atoms with van der Waals surface area (Å²) in [5, 5.41) is 0. The highest BCUT2D eigenvalue weighted by molar-refractivity contribution is 9.10. The van der Waals surface area contributed by atoms with Crippen molar-refractivity contribution >= 4 is 21.8 Å². The van der Waals surface area contributed by atoms with Gasteiger partial charge in [0.25, 0.3) is 0 Å². The van der Waals surface area contributed by atoms with Gasteiger partial charge in [-0.2, -0.15) is 0 Å². The number of carbonyl (C=O) groups excluding carboxylic acids is 1. The lowest BCUT2D eigenvalue weighted by atomic mass is 9.92. The molecule has 2 heterocycles. The lowest BCUT2D eigenvalue weighted by molar-refractivity contribution is -0.136. The molecule has 0 saturated carbocycles. The van der Waals surface area contributed by atoms with Gasteiger partial charge >= 0.3 is 0 Å².